The van der Waals surface area contributed by atoms with Gasteiger partial charge >= 0.3 is 0 Å². The molecule has 110 valence electrons. The second-order valence-electron chi connectivity index (χ2n) is 5.14. The van der Waals surface area contributed by atoms with Crippen molar-refractivity contribution in [3.8, 4) is 11.5 Å². The minimum atomic E-state index is 0.0977. The van der Waals surface area contributed by atoms with Crippen LogP contribution in [-0.4, -0.2) is 28.7 Å². The zero-order valence-corrected chi connectivity index (χ0v) is 11.7. The third-order valence-corrected chi connectivity index (χ3v) is 3.24. The Bertz CT molecular complexity index is 593. The molecule has 0 atom stereocenters. The zero-order chi connectivity index (χ0) is 14.5. The molecule has 1 aromatic heterocycles. The van der Waals surface area contributed by atoms with E-state index in [-0.39, 0.29) is 5.91 Å². The van der Waals surface area contributed by atoms with E-state index in [0.29, 0.717) is 37.3 Å². The number of carbonyl (C=O) groups excluding carboxylic acids is 1. The molecular formula is C15H18N4O2. The molecule has 0 aliphatic heterocycles. The van der Waals surface area contributed by atoms with E-state index in [9.17, 15) is 4.79 Å². The molecule has 1 aromatic carbocycles. The van der Waals surface area contributed by atoms with E-state index in [1.165, 1.54) is 0 Å². The summed E-state index contributed by atoms with van der Waals surface area (Å²) >= 11 is 0. The molecule has 1 fully saturated rings. The van der Waals surface area contributed by atoms with Crippen molar-refractivity contribution >= 4 is 5.91 Å². The highest BCUT2D eigenvalue weighted by atomic mass is 16.4. The minimum Gasteiger partial charge on any atom is -0.419 e. The first-order valence-corrected chi connectivity index (χ1v) is 7.19. The van der Waals surface area contributed by atoms with Gasteiger partial charge in [0.15, 0.2) is 0 Å². The number of nitrogens with one attached hydrogen (secondary N) is 2. The third-order valence-electron chi connectivity index (χ3n) is 3.24. The first kappa shape index (κ1) is 13.8. The van der Waals surface area contributed by atoms with Crippen molar-refractivity contribution in [1.82, 2.24) is 20.8 Å². The topological polar surface area (TPSA) is 80.1 Å². The van der Waals surface area contributed by atoms with Gasteiger partial charge in [0.1, 0.15) is 0 Å². The lowest BCUT2D eigenvalue weighted by Gasteiger charge is -2.03. The van der Waals surface area contributed by atoms with Crippen molar-refractivity contribution in [1.29, 1.82) is 0 Å². The van der Waals surface area contributed by atoms with E-state index >= 15 is 0 Å². The maximum atomic E-state index is 11.5. The zero-order valence-electron chi connectivity index (χ0n) is 11.7. The van der Waals surface area contributed by atoms with Crippen molar-refractivity contribution in [2.24, 2.45) is 0 Å². The average Bonchev–Trinajstić information content (AvgIpc) is 3.19. The molecule has 0 radical (unpaired) electrons. The summed E-state index contributed by atoms with van der Waals surface area (Å²) in [7, 11) is 0. The molecule has 0 saturated heterocycles. The van der Waals surface area contributed by atoms with Gasteiger partial charge < -0.3 is 15.1 Å². The molecule has 1 heterocycles. The molecule has 1 aliphatic rings. The van der Waals surface area contributed by atoms with Gasteiger partial charge in [-0.25, -0.2) is 0 Å². The highest BCUT2D eigenvalue weighted by molar-refractivity contribution is 5.76. The van der Waals surface area contributed by atoms with Crippen molar-refractivity contribution < 1.29 is 9.21 Å². The SMILES string of the molecule is O=C(CCNCc1nnc(-c2ccccc2)o1)NC1CC1. The number of nitrogens with zero attached hydrogens (tertiary/aromatic N) is 2. The summed E-state index contributed by atoms with van der Waals surface area (Å²) in [5, 5.41) is 14.1. The molecule has 0 unspecified atom stereocenters. The lowest BCUT2D eigenvalue weighted by atomic mass is 10.2. The molecule has 1 saturated carbocycles. The third kappa shape index (κ3) is 4.13. The molecular weight excluding hydrogens is 268 g/mol. The van der Waals surface area contributed by atoms with Crippen LogP contribution in [0.3, 0.4) is 0 Å². The van der Waals surface area contributed by atoms with Crippen LogP contribution in [0.1, 0.15) is 25.2 Å². The fourth-order valence-electron chi connectivity index (χ4n) is 1.95. The summed E-state index contributed by atoms with van der Waals surface area (Å²) in [6, 6.07) is 10.1. The lowest BCUT2D eigenvalue weighted by molar-refractivity contribution is -0.121. The van der Waals surface area contributed by atoms with E-state index in [1.54, 1.807) is 0 Å². The fraction of sp³-hybridized carbons (Fsp3) is 0.400. The Morgan fingerprint density at radius 3 is 2.81 bits per heavy atom. The maximum Gasteiger partial charge on any atom is 0.247 e. The van der Waals surface area contributed by atoms with Crippen molar-refractivity contribution in [3.05, 3.63) is 36.2 Å². The molecule has 1 aliphatic carbocycles. The molecule has 6 heteroatoms. The molecule has 2 aromatic rings. The highest BCUT2D eigenvalue weighted by Crippen LogP contribution is 2.18. The smallest absolute Gasteiger partial charge is 0.247 e. The molecule has 0 bridgehead atoms. The number of benzene rings is 1. The number of rotatable bonds is 7. The molecule has 21 heavy (non-hydrogen) atoms. The van der Waals surface area contributed by atoms with Crippen LogP contribution >= 0.6 is 0 Å². The fourth-order valence-corrected chi connectivity index (χ4v) is 1.95. The van der Waals surface area contributed by atoms with Crippen LogP contribution < -0.4 is 10.6 Å². The van der Waals surface area contributed by atoms with Gasteiger partial charge in [0, 0.05) is 24.6 Å². The first-order chi connectivity index (χ1) is 10.3. The second-order valence-corrected chi connectivity index (χ2v) is 5.14. The van der Waals surface area contributed by atoms with Gasteiger partial charge in [-0.05, 0) is 25.0 Å². The summed E-state index contributed by atoms with van der Waals surface area (Å²) in [5.41, 5.74) is 0.903. The Morgan fingerprint density at radius 2 is 2.05 bits per heavy atom. The van der Waals surface area contributed by atoms with Gasteiger partial charge in [-0.15, -0.1) is 10.2 Å². The van der Waals surface area contributed by atoms with E-state index in [2.05, 4.69) is 20.8 Å². The van der Waals surface area contributed by atoms with E-state index in [1.807, 2.05) is 30.3 Å². The van der Waals surface area contributed by atoms with E-state index < -0.39 is 0 Å². The van der Waals surface area contributed by atoms with Crippen molar-refractivity contribution in [3.63, 3.8) is 0 Å². The molecule has 0 spiro atoms. The van der Waals surface area contributed by atoms with Gasteiger partial charge in [-0.3, -0.25) is 4.79 Å². The Hall–Kier alpha value is -2.21. The Balaban J connectivity index is 1.41. The van der Waals surface area contributed by atoms with Crippen LogP contribution in [0.15, 0.2) is 34.7 Å². The van der Waals surface area contributed by atoms with Crippen molar-refractivity contribution in [2.45, 2.75) is 31.8 Å². The quantitative estimate of drug-likeness (QED) is 0.754. The number of hydrogen-bond donors (Lipinski definition) is 2. The number of carbonyl (C=O) groups is 1. The van der Waals surface area contributed by atoms with Gasteiger partial charge in [-0.1, -0.05) is 18.2 Å². The summed E-state index contributed by atoms with van der Waals surface area (Å²) in [5.74, 6) is 1.14. The van der Waals surface area contributed by atoms with Crippen LogP contribution in [0.4, 0.5) is 0 Å². The number of aromatic nitrogens is 2. The summed E-state index contributed by atoms with van der Waals surface area (Å²) in [6.45, 7) is 1.07. The first-order valence-electron chi connectivity index (χ1n) is 7.19. The van der Waals surface area contributed by atoms with Crippen LogP contribution in [0.2, 0.25) is 0 Å². The van der Waals surface area contributed by atoms with E-state index in [0.717, 1.165) is 18.4 Å². The maximum absolute atomic E-state index is 11.5. The van der Waals surface area contributed by atoms with Crippen LogP contribution in [0.5, 0.6) is 0 Å². The predicted molar refractivity (Wildman–Crippen MR) is 77.2 cm³/mol. The molecule has 3 rings (SSSR count). The number of amides is 1. The molecule has 2 N–H and O–H groups in total. The second kappa shape index (κ2) is 6.49. The van der Waals surface area contributed by atoms with Gasteiger partial charge in [0.25, 0.3) is 0 Å². The number of hydrogen-bond acceptors (Lipinski definition) is 5. The summed E-state index contributed by atoms with van der Waals surface area (Å²) < 4.78 is 5.57. The van der Waals surface area contributed by atoms with Gasteiger partial charge in [0.05, 0.1) is 6.54 Å². The Labute approximate surface area is 123 Å². The molecule has 6 nitrogen and oxygen atoms in total. The normalized spacial score (nSPS) is 14.1. The monoisotopic (exact) mass is 286 g/mol. The van der Waals surface area contributed by atoms with Crippen molar-refractivity contribution in [2.75, 3.05) is 6.54 Å². The summed E-state index contributed by atoms with van der Waals surface area (Å²) in [4.78, 5) is 11.5. The predicted octanol–water partition coefficient (Wildman–Crippen LogP) is 1.49. The lowest BCUT2D eigenvalue weighted by Crippen LogP contribution is -2.29. The van der Waals surface area contributed by atoms with Gasteiger partial charge in [-0.2, -0.15) is 0 Å². The van der Waals surface area contributed by atoms with Crippen LogP contribution in [0, 0.1) is 0 Å². The Kier molecular flexibility index (Phi) is 4.25. The van der Waals surface area contributed by atoms with Crippen LogP contribution in [0.25, 0.3) is 11.5 Å². The largest absolute Gasteiger partial charge is 0.419 e. The minimum absolute atomic E-state index is 0.0977. The highest BCUT2D eigenvalue weighted by Gasteiger charge is 2.22. The average molecular weight is 286 g/mol. The Morgan fingerprint density at radius 1 is 1.24 bits per heavy atom. The van der Waals surface area contributed by atoms with Crippen LogP contribution in [-0.2, 0) is 11.3 Å². The van der Waals surface area contributed by atoms with Gasteiger partial charge in [0.2, 0.25) is 17.7 Å². The van der Waals surface area contributed by atoms with E-state index in [4.69, 9.17) is 4.42 Å². The molecule has 1 amide bonds. The summed E-state index contributed by atoms with van der Waals surface area (Å²) in [6.07, 6.45) is 2.70. The standard InChI is InChI=1S/C15H18N4O2/c20-13(17-12-6-7-12)8-9-16-10-14-18-19-15(21-14)11-4-2-1-3-5-11/h1-5,12,16H,6-10H2,(H,17,20).